The lowest BCUT2D eigenvalue weighted by molar-refractivity contribution is -0.129. The van der Waals surface area contributed by atoms with E-state index in [2.05, 4.69) is 0 Å². The molecule has 0 aliphatic carbocycles. The molecule has 0 aromatic rings. The fraction of sp³-hybridized carbons (Fsp3) is 0.929. The van der Waals surface area contributed by atoms with Crippen LogP contribution in [0, 0.1) is 0 Å². The number of unbranched alkanes of at least 4 members (excludes halogenated alkanes) is 6. The minimum atomic E-state index is -1.41. The average molecular weight is 274 g/mol. The largest absolute Gasteiger partial charge is 0.395 e. The van der Waals surface area contributed by atoms with Gasteiger partial charge in [-0.25, -0.2) is 5.11 Å². The van der Waals surface area contributed by atoms with E-state index in [1.165, 1.54) is 6.92 Å². The molecule has 0 aliphatic rings. The Bertz CT molecular complexity index is 221. The van der Waals surface area contributed by atoms with Crippen molar-refractivity contribution in [3.05, 3.63) is 0 Å². The standard InChI is InChI=1S/C14H28NO4/c1-13(17)15(11-12-16)10-8-6-4-2-3-5-7-9-14(18)19/h14,16,18H,2-12H2,1H3. The molecule has 1 atom stereocenters. The van der Waals surface area contributed by atoms with Crippen LogP contribution in [0.15, 0.2) is 0 Å². The zero-order valence-corrected chi connectivity index (χ0v) is 12.0. The molecule has 0 aromatic carbocycles. The molecular formula is C14H28NO4. The molecule has 1 radical (unpaired) electrons. The Morgan fingerprint density at radius 2 is 1.53 bits per heavy atom. The Morgan fingerprint density at radius 3 is 2.00 bits per heavy atom. The summed E-state index contributed by atoms with van der Waals surface area (Å²) in [6.07, 6.45) is 6.17. The fourth-order valence-electron chi connectivity index (χ4n) is 2.05. The maximum absolute atomic E-state index is 11.2. The Balaban J connectivity index is 3.32. The van der Waals surface area contributed by atoms with Gasteiger partial charge in [-0.1, -0.05) is 32.1 Å². The number of nitrogens with zero attached hydrogens (tertiary/aromatic N) is 1. The van der Waals surface area contributed by atoms with Crippen LogP contribution in [0.5, 0.6) is 0 Å². The monoisotopic (exact) mass is 274 g/mol. The summed E-state index contributed by atoms with van der Waals surface area (Å²) >= 11 is 0. The predicted molar refractivity (Wildman–Crippen MR) is 73.0 cm³/mol. The molecular weight excluding hydrogens is 246 g/mol. The maximum Gasteiger partial charge on any atom is 0.219 e. The zero-order chi connectivity index (χ0) is 14.5. The molecule has 5 nitrogen and oxygen atoms in total. The predicted octanol–water partition coefficient (Wildman–Crippen LogP) is 1.70. The van der Waals surface area contributed by atoms with Crippen LogP contribution in [0.25, 0.3) is 0 Å². The van der Waals surface area contributed by atoms with E-state index in [1.54, 1.807) is 4.90 Å². The lowest BCUT2D eigenvalue weighted by Gasteiger charge is -2.19. The molecule has 0 bridgehead atoms. The maximum atomic E-state index is 11.2. The summed E-state index contributed by atoms with van der Waals surface area (Å²) in [5.74, 6) is 0.0187. The van der Waals surface area contributed by atoms with Crippen LogP contribution in [-0.2, 0) is 9.90 Å². The normalized spacial score (nSPS) is 11.0. The van der Waals surface area contributed by atoms with E-state index < -0.39 is 6.29 Å². The first-order valence-corrected chi connectivity index (χ1v) is 7.28. The van der Waals surface area contributed by atoms with E-state index in [0.717, 1.165) is 51.5 Å². The molecule has 0 heterocycles. The van der Waals surface area contributed by atoms with Crippen LogP contribution < -0.4 is 0 Å². The molecule has 5 heteroatoms. The van der Waals surface area contributed by atoms with Gasteiger partial charge in [0, 0.05) is 26.4 Å². The van der Waals surface area contributed by atoms with Gasteiger partial charge in [-0.15, -0.1) is 0 Å². The quantitative estimate of drug-likeness (QED) is 0.420. The van der Waals surface area contributed by atoms with Crippen LogP contribution in [0.3, 0.4) is 0 Å². The molecule has 1 unspecified atom stereocenters. The second-order valence-electron chi connectivity index (χ2n) is 4.95. The van der Waals surface area contributed by atoms with Crippen LogP contribution in [0.4, 0.5) is 0 Å². The van der Waals surface area contributed by atoms with E-state index >= 15 is 0 Å². The van der Waals surface area contributed by atoms with Crippen molar-refractivity contribution in [2.45, 2.75) is 64.6 Å². The summed E-state index contributed by atoms with van der Waals surface area (Å²) < 4.78 is 0. The Kier molecular flexibility index (Phi) is 12.0. The summed E-state index contributed by atoms with van der Waals surface area (Å²) in [4.78, 5) is 12.9. The first-order valence-electron chi connectivity index (χ1n) is 7.28. The molecule has 0 spiro atoms. The third-order valence-electron chi connectivity index (χ3n) is 3.19. The SMILES string of the molecule is CC(=O)N(CCO)CCCCCCCCCC([O])O. The minimum absolute atomic E-state index is 0.0187. The summed E-state index contributed by atoms with van der Waals surface area (Å²) in [5.41, 5.74) is 0. The van der Waals surface area contributed by atoms with Gasteiger partial charge in [-0.05, 0) is 12.8 Å². The topological polar surface area (TPSA) is 80.7 Å². The average Bonchev–Trinajstić information content (AvgIpc) is 2.34. The summed E-state index contributed by atoms with van der Waals surface area (Å²) in [5, 5.41) is 27.8. The Morgan fingerprint density at radius 1 is 1.00 bits per heavy atom. The molecule has 0 saturated heterocycles. The fourth-order valence-corrected chi connectivity index (χ4v) is 2.05. The van der Waals surface area contributed by atoms with Gasteiger partial charge in [0.15, 0.2) is 6.29 Å². The molecule has 2 N–H and O–H groups in total. The van der Waals surface area contributed by atoms with Crippen LogP contribution >= 0.6 is 0 Å². The van der Waals surface area contributed by atoms with Crippen LogP contribution in [0.2, 0.25) is 0 Å². The summed E-state index contributed by atoms with van der Waals surface area (Å²) in [6.45, 7) is 2.69. The van der Waals surface area contributed by atoms with Gasteiger partial charge >= 0.3 is 0 Å². The van der Waals surface area contributed by atoms with Crippen molar-refractivity contribution < 1.29 is 20.1 Å². The van der Waals surface area contributed by atoms with Crippen molar-refractivity contribution in [3.63, 3.8) is 0 Å². The smallest absolute Gasteiger partial charge is 0.219 e. The van der Waals surface area contributed by atoms with Crippen molar-refractivity contribution in [2.24, 2.45) is 0 Å². The lowest BCUT2D eigenvalue weighted by Crippen LogP contribution is -2.32. The van der Waals surface area contributed by atoms with E-state index in [-0.39, 0.29) is 12.5 Å². The molecule has 0 rings (SSSR count). The summed E-state index contributed by atoms with van der Waals surface area (Å²) in [6, 6.07) is 0. The Hall–Kier alpha value is -0.650. The van der Waals surface area contributed by atoms with Crippen molar-refractivity contribution in [3.8, 4) is 0 Å². The molecule has 0 aliphatic heterocycles. The first-order chi connectivity index (χ1) is 9.07. The van der Waals surface area contributed by atoms with Gasteiger partial charge in [-0.3, -0.25) is 4.79 Å². The van der Waals surface area contributed by atoms with E-state index in [9.17, 15) is 9.90 Å². The van der Waals surface area contributed by atoms with Crippen molar-refractivity contribution in [1.82, 2.24) is 4.90 Å². The van der Waals surface area contributed by atoms with Gasteiger partial charge in [0.25, 0.3) is 0 Å². The van der Waals surface area contributed by atoms with Gasteiger partial charge in [0.1, 0.15) is 0 Å². The number of carbonyl (C=O) groups is 1. The third-order valence-corrected chi connectivity index (χ3v) is 3.19. The number of amides is 1. The first kappa shape index (κ1) is 18.4. The highest BCUT2D eigenvalue weighted by Crippen LogP contribution is 2.10. The van der Waals surface area contributed by atoms with E-state index in [1.807, 2.05) is 0 Å². The molecule has 0 saturated carbocycles. The van der Waals surface area contributed by atoms with Gasteiger partial charge in [0.05, 0.1) is 6.61 Å². The number of aliphatic hydroxyl groups excluding tert-OH is 2. The number of aliphatic hydroxyl groups is 2. The number of hydrogen-bond donors (Lipinski definition) is 2. The van der Waals surface area contributed by atoms with Crippen molar-refractivity contribution in [1.29, 1.82) is 0 Å². The third kappa shape index (κ3) is 12.1. The number of rotatable bonds is 12. The van der Waals surface area contributed by atoms with Crippen molar-refractivity contribution >= 4 is 5.91 Å². The highest BCUT2D eigenvalue weighted by Gasteiger charge is 2.06. The molecule has 1 amide bonds. The van der Waals surface area contributed by atoms with Gasteiger partial charge in [0.2, 0.25) is 5.91 Å². The molecule has 0 fully saturated rings. The Labute approximate surface area is 116 Å². The van der Waals surface area contributed by atoms with Crippen molar-refractivity contribution in [2.75, 3.05) is 19.7 Å². The van der Waals surface area contributed by atoms with Gasteiger partial charge in [-0.2, -0.15) is 0 Å². The molecule has 0 aromatic heterocycles. The van der Waals surface area contributed by atoms with Gasteiger partial charge < -0.3 is 15.1 Å². The second kappa shape index (κ2) is 12.4. The lowest BCUT2D eigenvalue weighted by atomic mass is 10.1. The highest BCUT2D eigenvalue weighted by molar-refractivity contribution is 5.73. The zero-order valence-electron chi connectivity index (χ0n) is 12.0. The second-order valence-corrected chi connectivity index (χ2v) is 4.95. The van der Waals surface area contributed by atoms with Crippen LogP contribution in [-0.4, -0.2) is 47.0 Å². The number of hydrogen-bond acceptors (Lipinski definition) is 3. The minimum Gasteiger partial charge on any atom is -0.395 e. The molecule has 113 valence electrons. The number of carbonyl (C=O) groups excluding carboxylic acids is 1. The highest BCUT2D eigenvalue weighted by atomic mass is 16.5. The van der Waals surface area contributed by atoms with E-state index in [4.69, 9.17) is 10.2 Å². The summed E-state index contributed by atoms with van der Waals surface area (Å²) in [7, 11) is 0. The van der Waals surface area contributed by atoms with E-state index in [0.29, 0.717) is 13.0 Å². The molecule has 19 heavy (non-hydrogen) atoms. The van der Waals surface area contributed by atoms with Crippen LogP contribution in [0.1, 0.15) is 58.3 Å².